The third-order valence-corrected chi connectivity index (χ3v) is 2.63. The van der Waals surface area contributed by atoms with Crippen LogP contribution in [0.4, 0.5) is 0 Å². The Labute approximate surface area is 87.6 Å². The first-order valence-electron chi connectivity index (χ1n) is 5.54. The Morgan fingerprint density at radius 3 is 2.14 bits per heavy atom. The van der Waals surface area contributed by atoms with E-state index < -0.39 is 0 Å². The quantitative estimate of drug-likeness (QED) is 0.552. The van der Waals surface area contributed by atoms with Crippen molar-refractivity contribution in [1.82, 2.24) is 15.5 Å². The van der Waals surface area contributed by atoms with E-state index in [9.17, 15) is 0 Å². The number of hydrogen-bond donors (Lipinski definition) is 2. The van der Waals surface area contributed by atoms with Crippen LogP contribution in [0.2, 0.25) is 0 Å². The van der Waals surface area contributed by atoms with Crippen molar-refractivity contribution in [2.75, 3.05) is 46.3 Å². The highest BCUT2D eigenvalue weighted by Gasteiger charge is 2.01. The first-order chi connectivity index (χ1) is 6.79. The van der Waals surface area contributed by atoms with Crippen LogP contribution in [0.1, 0.15) is 13.3 Å². The van der Waals surface area contributed by atoms with Crippen LogP contribution in [-0.2, 0) is 0 Å². The molecule has 0 amide bonds. The van der Waals surface area contributed by atoms with Crippen molar-refractivity contribution >= 4 is 0 Å². The van der Waals surface area contributed by atoms with E-state index >= 15 is 0 Å². The zero-order valence-electron chi connectivity index (χ0n) is 9.47. The van der Waals surface area contributed by atoms with Gasteiger partial charge in [0.05, 0.1) is 0 Å². The van der Waals surface area contributed by atoms with E-state index in [-0.39, 0.29) is 0 Å². The third-order valence-electron chi connectivity index (χ3n) is 2.63. The lowest BCUT2D eigenvalue weighted by Crippen LogP contribution is -2.40. The fourth-order valence-corrected chi connectivity index (χ4v) is 1.51. The summed E-state index contributed by atoms with van der Waals surface area (Å²) in [6.45, 7) is 9.17. The molecule has 2 N–H and O–H groups in total. The molecule has 2 heterocycles. The molecule has 0 aliphatic carbocycles. The normalized spacial score (nSPS) is 23.4. The molecular weight excluding hydrogens is 174 g/mol. The van der Waals surface area contributed by atoms with Gasteiger partial charge in [0.15, 0.2) is 0 Å². The van der Waals surface area contributed by atoms with E-state index in [0.29, 0.717) is 0 Å². The molecule has 0 unspecified atom stereocenters. The lowest BCUT2D eigenvalue weighted by molar-refractivity contribution is 0.291. The highest BCUT2D eigenvalue weighted by Crippen LogP contribution is 1.99. The first kappa shape index (κ1) is 11.7. The molecule has 2 aliphatic rings. The molecule has 0 aromatic carbocycles. The fourth-order valence-electron chi connectivity index (χ4n) is 1.51. The third kappa shape index (κ3) is 5.37. The smallest absolute Gasteiger partial charge is 0.0137 e. The lowest BCUT2D eigenvalue weighted by atomic mass is 10.1. The van der Waals surface area contributed by atoms with Crippen LogP contribution in [-0.4, -0.2) is 51.2 Å². The van der Waals surface area contributed by atoms with Crippen molar-refractivity contribution in [3.05, 3.63) is 11.6 Å². The number of nitrogens with one attached hydrogen (secondary N) is 2. The van der Waals surface area contributed by atoms with Gasteiger partial charge >= 0.3 is 0 Å². The van der Waals surface area contributed by atoms with Gasteiger partial charge in [-0.25, -0.2) is 0 Å². The predicted molar refractivity (Wildman–Crippen MR) is 61.6 cm³/mol. The molecule has 0 aromatic rings. The fraction of sp³-hybridized carbons (Fsp3) is 0.818. The summed E-state index contributed by atoms with van der Waals surface area (Å²) in [5.41, 5.74) is 1.53. The maximum absolute atomic E-state index is 3.27. The van der Waals surface area contributed by atoms with Crippen LogP contribution in [0.5, 0.6) is 0 Å². The van der Waals surface area contributed by atoms with Crippen LogP contribution in [0.3, 0.4) is 0 Å². The number of piperazine rings is 1. The van der Waals surface area contributed by atoms with Crippen molar-refractivity contribution in [2.45, 2.75) is 13.3 Å². The molecule has 3 heteroatoms. The second-order valence-electron chi connectivity index (χ2n) is 4.06. The van der Waals surface area contributed by atoms with E-state index in [1.807, 2.05) is 0 Å². The number of likely N-dealkylation sites (N-methyl/N-ethyl adjacent to an activating group) is 1. The minimum atomic E-state index is 1.08. The summed E-state index contributed by atoms with van der Waals surface area (Å²) in [5, 5.41) is 6.51. The SMILES string of the molecule is CC1=CCNCC1.CN1CCNCC1. The summed E-state index contributed by atoms with van der Waals surface area (Å²) >= 11 is 0. The van der Waals surface area contributed by atoms with Crippen molar-refractivity contribution in [2.24, 2.45) is 0 Å². The van der Waals surface area contributed by atoms with Crippen LogP contribution in [0, 0.1) is 0 Å². The van der Waals surface area contributed by atoms with E-state index in [0.717, 1.165) is 19.6 Å². The number of rotatable bonds is 0. The van der Waals surface area contributed by atoms with Gasteiger partial charge in [0.2, 0.25) is 0 Å². The topological polar surface area (TPSA) is 27.3 Å². The van der Waals surface area contributed by atoms with Gasteiger partial charge in [-0.3, -0.25) is 0 Å². The molecule has 82 valence electrons. The van der Waals surface area contributed by atoms with Crippen molar-refractivity contribution in [1.29, 1.82) is 0 Å². The zero-order valence-corrected chi connectivity index (χ0v) is 9.47. The second-order valence-corrected chi connectivity index (χ2v) is 4.06. The molecule has 14 heavy (non-hydrogen) atoms. The van der Waals surface area contributed by atoms with Crippen LogP contribution in [0.15, 0.2) is 11.6 Å². The van der Waals surface area contributed by atoms with Crippen molar-refractivity contribution in [3.63, 3.8) is 0 Å². The Kier molecular flexibility index (Phi) is 5.83. The summed E-state index contributed by atoms with van der Waals surface area (Å²) in [4.78, 5) is 2.33. The monoisotopic (exact) mass is 197 g/mol. The molecule has 0 saturated carbocycles. The Bertz CT molecular complexity index is 171. The predicted octanol–water partition coefficient (Wildman–Crippen LogP) is 0.447. The molecule has 0 atom stereocenters. The van der Waals surface area contributed by atoms with Crippen LogP contribution < -0.4 is 10.6 Å². The molecule has 0 radical (unpaired) electrons. The Morgan fingerprint density at radius 1 is 1.14 bits per heavy atom. The Morgan fingerprint density at radius 2 is 1.86 bits per heavy atom. The van der Waals surface area contributed by atoms with Gasteiger partial charge in [0.25, 0.3) is 0 Å². The van der Waals surface area contributed by atoms with Gasteiger partial charge < -0.3 is 15.5 Å². The molecule has 1 fully saturated rings. The first-order valence-corrected chi connectivity index (χ1v) is 5.54. The van der Waals surface area contributed by atoms with E-state index in [1.165, 1.54) is 31.6 Å². The standard InChI is InChI=1S/C6H11N.C5H12N2/c1-6-2-4-7-5-3-6;1-7-4-2-6-3-5-7/h2,7H,3-5H2,1H3;6H,2-5H2,1H3. The molecule has 0 bridgehead atoms. The summed E-state index contributed by atoms with van der Waals surface area (Å²) < 4.78 is 0. The van der Waals surface area contributed by atoms with Gasteiger partial charge in [0, 0.05) is 32.7 Å². The van der Waals surface area contributed by atoms with Crippen molar-refractivity contribution in [3.8, 4) is 0 Å². The molecule has 0 aromatic heterocycles. The zero-order chi connectivity index (χ0) is 10.2. The maximum atomic E-state index is 3.27. The molecule has 1 saturated heterocycles. The minimum absolute atomic E-state index is 1.08. The summed E-state index contributed by atoms with van der Waals surface area (Å²) in [6, 6.07) is 0. The molecular formula is C11H23N3. The molecule has 3 nitrogen and oxygen atoms in total. The lowest BCUT2D eigenvalue weighted by Gasteiger charge is -2.21. The van der Waals surface area contributed by atoms with E-state index in [4.69, 9.17) is 0 Å². The Balaban J connectivity index is 0.000000140. The summed E-state index contributed by atoms with van der Waals surface area (Å²) in [6.07, 6.45) is 3.48. The van der Waals surface area contributed by atoms with E-state index in [1.54, 1.807) is 0 Å². The summed E-state index contributed by atoms with van der Waals surface area (Å²) in [7, 11) is 2.15. The van der Waals surface area contributed by atoms with Gasteiger partial charge in [-0.15, -0.1) is 0 Å². The molecule has 2 rings (SSSR count). The van der Waals surface area contributed by atoms with Gasteiger partial charge in [-0.05, 0) is 26.9 Å². The van der Waals surface area contributed by atoms with Gasteiger partial charge in [-0.1, -0.05) is 11.6 Å². The van der Waals surface area contributed by atoms with Crippen molar-refractivity contribution < 1.29 is 0 Å². The highest BCUT2D eigenvalue weighted by atomic mass is 15.2. The number of hydrogen-bond acceptors (Lipinski definition) is 3. The van der Waals surface area contributed by atoms with Crippen LogP contribution in [0.25, 0.3) is 0 Å². The number of nitrogens with zero attached hydrogens (tertiary/aromatic N) is 1. The summed E-state index contributed by atoms with van der Waals surface area (Å²) in [5.74, 6) is 0. The average molecular weight is 197 g/mol. The van der Waals surface area contributed by atoms with Crippen LogP contribution >= 0.6 is 0 Å². The average Bonchev–Trinajstić information content (AvgIpc) is 2.21. The van der Waals surface area contributed by atoms with Gasteiger partial charge in [0.1, 0.15) is 0 Å². The molecule has 0 spiro atoms. The maximum Gasteiger partial charge on any atom is 0.0137 e. The highest BCUT2D eigenvalue weighted by molar-refractivity contribution is 5.02. The molecule has 2 aliphatic heterocycles. The second kappa shape index (κ2) is 6.98. The Hall–Kier alpha value is -0.380. The van der Waals surface area contributed by atoms with Gasteiger partial charge in [-0.2, -0.15) is 0 Å². The van der Waals surface area contributed by atoms with E-state index in [2.05, 4.69) is 35.6 Å². The minimum Gasteiger partial charge on any atom is -0.314 e. The largest absolute Gasteiger partial charge is 0.314 e.